The zero-order valence-electron chi connectivity index (χ0n) is 16.2. The van der Waals surface area contributed by atoms with E-state index in [1.807, 2.05) is 0 Å². The van der Waals surface area contributed by atoms with Crippen molar-refractivity contribution in [3.63, 3.8) is 0 Å². The molecule has 2 aromatic carbocycles. The van der Waals surface area contributed by atoms with Crippen LogP contribution in [0.15, 0.2) is 48.5 Å². The molecule has 2 rings (SSSR count). The summed E-state index contributed by atoms with van der Waals surface area (Å²) >= 11 is 0. The van der Waals surface area contributed by atoms with Crippen molar-refractivity contribution in [2.45, 2.75) is 25.7 Å². The molecule has 0 radical (unpaired) electrons. The van der Waals surface area contributed by atoms with Crippen molar-refractivity contribution >= 4 is 23.2 Å². The number of rotatable bonds is 9. The fourth-order valence-electron chi connectivity index (χ4n) is 2.31. The lowest BCUT2D eigenvalue weighted by Gasteiger charge is -2.24. The first-order valence-electron chi connectivity index (χ1n) is 8.96. The van der Waals surface area contributed by atoms with E-state index in [9.17, 15) is 27.2 Å². The van der Waals surface area contributed by atoms with Crippen LogP contribution in [-0.4, -0.2) is 36.9 Å². The van der Waals surface area contributed by atoms with E-state index >= 15 is 0 Å². The number of benzene rings is 2. The number of hydrogen-bond donors (Lipinski definition) is 2. The van der Waals surface area contributed by atoms with Gasteiger partial charge in [-0.05, 0) is 62.4 Å². The molecule has 2 aromatic rings. The van der Waals surface area contributed by atoms with E-state index in [-0.39, 0.29) is 11.4 Å². The third-order valence-corrected chi connectivity index (χ3v) is 3.81. The van der Waals surface area contributed by atoms with Gasteiger partial charge in [0.15, 0.2) is 0 Å². The Labute approximate surface area is 170 Å². The summed E-state index contributed by atoms with van der Waals surface area (Å²) in [7, 11) is 0. The quantitative estimate of drug-likeness (QED) is 0.583. The van der Waals surface area contributed by atoms with Gasteiger partial charge in [0.05, 0.1) is 13.2 Å². The van der Waals surface area contributed by atoms with Crippen LogP contribution in [0.4, 0.5) is 28.9 Å². The van der Waals surface area contributed by atoms with E-state index < -0.39 is 23.7 Å². The normalized spacial score (nSPS) is 11.5. The Hall–Kier alpha value is -3.30. The molecule has 0 fully saturated rings. The highest BCUT2D eigenvalue weighted by atomic mass is 19.3. The maximum Gasteiger partial charge on any atom is 0.396 e. The highest BCUT2D eigenvalue weighted by molar-refractivity contribution is 6.05. The monoisotopic (exact) mass is 428 g/mol. The van der Waals surface area contributed by atoms with E-state index in [1.165, 1.54) is 48.5 Å². The van der Waals surface area contributed by atoms with Gasteiger partial charge in [-0.2, -0.15) is 17.6 Å². The minimum atomic E-state index is -5.30. The number of carbonyl (C=O) groups excluding carboxylic acids is 2. The Morgan fingerprint density at radius 3 is 1.27 bits per heavy atom. The molecular weight excluding hydrogens is 408 g/mol. The van der Waals surface area contributed by atoms with E-state index in [1.54, 1.807) is 24.5 Å². The predicted octanol–water partition coefficient (Wildman–Crippen LogP) is 4.33. The lowest BCUT2D eigenvalue weighted by atomic mass is 10.1. The van der Waals surface area contributed by atoms with Crippen molar-refractivity contribution in [3.8, 4) is 11.5 Å². The molecule has 0 unspecified atom stereocenters. The third-order valence-electron chi connectivity index (χ3n) is 3.81. The second kappa shape index (κ2) is 9.47. The number of halogens is 4. The lowest BCUT2D eigenvalue weighted by Crippen LogP contribution is -2.56. The third kappa shape index (κ3) is 5.19. The summed E-state index contributed by atoms with van der Waals surface area (Å²) in [5.41, 5.74) is -0.323. The summed E-state index contributed by atoms with van der Waals surface area (Å²) in [4.78, 5) is 23.6. The molecule has 0 spiro atoms. The van der Waals surface area contributed by atoms with Crippen LogP contribution in [0.5, 0.6) is 11.5 Å². The number of hydrogen-bond acceptors (Lipinski definition) is 4. The highest BCUT2D eigenvalue weighted by Gasteiger charge is 2.67. The van der Waals surface area contributed by atoms with Gasteiger partial charge >= 0.3 is 23.7 Å². The summed E-state index contributed by atoms with van der Waals surface area (Å²) in [6, 6.07) is 10.3. The summed E-state index contributed by atoms with van der Waals surface area (Å²) in [6.07, 6.45) is 0. The summed E-state index contributed by atoms with van der Waals surface area (Å²) < 4.78 is 66.8. The molecule has 0 bridgehead atoms. The SMILES string of the molecule is CCOc1ccc(NC(=O)C(F)(F)C(F)(F)C(=O)Nc2ccc(OCC)cc2)cc1. The van der Waals surface area contributed by atoms with Crippen LogP contribution in [0.2, 0.25) is 0 Å². The fourth-order valence-corrected chi connectivity index (χ4v) is 2.31. The Kier molecular flexibility index (Phi) is 7.25. The Balaban J connectivity index is 2.08. The maximum absolute atomic E-state index is 14.1. The first kappa shape index (κ1) is 23.0. The first-order valence-corrected chi connectivity index (χ1v) is 8.96. The number of alkyl halides is 4. The van der Waals surface area contributed by atoms with Crippen molar-refractivity contribution in [3.05, 3.63) is 48.5 Å². The lowest BCUT2D eigenvalue weighted by molar-refractivity contribution is -0.204. The number of anilines is 2. The zero-order valence-corrected chi connectivity index (χ0v) is 16.2. The minimum absolute atomic E-state index is 0.161. The van der Waals surface area contributed by atoms with Gasteiger partial charge < -0.3 is 20.1 Å². The van der Waals surface area contributed by atoms with Crippen molar-refractivity contribution in [1.82, 2.24) is 0 Å². The van der Waals surface area contributed by atoms with Gasteiger partial charge in [-0.3, -0.25) is 9.59 Å². The van der Waals surface area contributed by atoms with Crippen LogP contribution in [0.3, 0.4) is 0 Å². The van der Waals surface area contributed by atoms with Crippen molar-refractivity contribution < 1.29 is 36.6 Å². The smallest absolute Gasteiger partial charge is 0.396 e. The van der Waals surface area contributed by atoms with Gasteiger partial charge in [0, 0.05) is 11.4 Å². The summed E-state index contributed by atoms with van der Waals surface area (Å²) in [5, 5.41) is 3.35. The number of nitrogens with one attached hydrogen (secondary N) is 2. The van der Waals surface area contributed by atoms with Crippen LogP contribution in [0, 0.1) is 0 Å². The maximum atomic E-state index is 14.1. The van der Waals surface area contributed by atoms with Gasteiger partial charge in [0.1, 0.15) is 11.5 Å². The van der Waals surface area contributed by atoms with E-state index in [0.717, 1.165) is 0 Å². The molecule has 2 amide bonds. The van der Waals surface area contributed by atoms with E-state index in [0.29, 0.717) is 24.7 Å². The van der Waals surface area contributed by atoms with Crippen LogP contribution in [0.25, 0.3) is 0 Å². The Morgan fingerprint density at radius 1 is 0.700 bits per heavy atom. The topological polar surface area (TPSA) is 76.7 Å². The average Bonchev–Trinajstić information content (AvgIpc) is 2.71. The standard InChI is InChI=1S/C20H20F4N2O4/c1-3-29-15-9-5-13(6-10-15)25-17(27)19(21,22)20(23,24)18(28)26-14-7-11-16(12-8-14)30-4-2/h5-12H,3-4H2,1-2H3,(H,25,27)(H,26,28). The molecule has 10 heteroatoms. The van der Waals surface area contributed by atoms with Gasteiger partial charge in [-0.1, -0.05) is 0 Å². The molecule has 0 atom stereocenters. The van der Waals surface area contributed by atoms with Gasteiger partial charge in [-0.25, -0.2) is 0 Å². The number of amides is 2. The second-order valence-electron chi connectivity index (χ2n) is 5.97. The second-order valence-corrected chi connectivity index (χ2v) is 5.97. The molecular formula is C20H20F4N2O4. The van der Waals surface area contributed by atoms with Crippen LogP contribution >= 0.6 is 0 Å². The van der Waals surface area contributed by atoms with Gasteiger partial charge in [-0.15, -0.1) is 0 Å². The Morgan fingerprint density at radius 2 is 1.00 bits per heavy atom. The highest BCUT2D eigenvalue weighted by Crippen LogP contribution is 2.36. The molecule has 0 aromatic heterocycles. The Bertz CT molecular complexity index is 798. The molecule has 30 heavy (non-hydrogen) atoms. The van der Waals surface area contributed by atoms with Crippen LogP contribution < -0.4 is 20.1 Å². The van der Waals surface area contributed by atoms with Gasteiger partial charge in [0.2, 0.25) is 0 Å². The average molecular weight is 428 g/mol. The van der Waals surface area contributed by atoms with E-state index in [4.69, 9.17) is 9.47 Å². The molecule has 2 N–H and O–H groups in total. The molecule has 0 aliphatic rings. The molecule has 162 valence electrons. The first-order chi connectivity index (χ1) is 14.1. The van der Waals surface area contributed by atoms with Crippen molar-refractivity contribution in [2.75, 3.05) is 23.8 Å². The van der Waals surface area contributed by atoms with Crippen LogP contribution in [-0.2, 0) is 9.59 Å². The molecule has 0 saturated carbocycles. The molecule has 0 aliphatic carbocycles. The van der Waals surface area contributed by atoms with E-state index in [2.05, 4.69) is 0 Å². The zero-order chi connectivity index (χ0) is 22.4. The number of carbonyl (C=O) groups is 2. The largest absolute Gasteiger partial charge is 0.494 e. The predicted molar refractivity (Wildman–Crippen MR) is 102 cm³/mol. The minimum Gasteiger partial charge on any atom is -0.494 e. The molecule has 0 saturated heterocycles. The molecule has 6 nitrogen and oxygen atoms in total. The van der Waals surface area contributed by atoms with Crippen LogP contribution in [0.1, 0.15) is 13.8 Å². The molecule has 0 aliphatic heterocycles. The number of ether oxygens (including phenoxy) is 2. The molecule has 0 heterocycles. The summed E-state index contributed by atoms with van der Waals surface area (Å²) in [5.74, 6) is -14.4. The summed E-state index contributed by atoms with van der Waals surface area (Å²) in [6.45, 7) is 4.19. The van der Waals surface area contributed by atoms with Gasteiger partial charge in [0.25, 0.3) is 0 Å². The van der Waals surface area contributed by atoms with Crippen molar-refractivity contribution in [2.24, 2.45) is 0 Å². The van der Waals surface area contributed by atoms with Crippen molar-refractivity contribution in [1.29, 1.82) is 0 Å². The fraction of sp³-hybridized carbons (Fsp3) is 0.300.